The lowest BCUT2D eigenvalue weighted by molar-refractivity contribution is -0.128. The Hall–Kier alpha value is -2.34. The maximum atomic E-state index is 12.7. The molecule has 1 heterocycles. The molecule has 1 aromatic carbocycles. The van der Waals surface area contributed by atoms with Gasteiger partial charge in [-0.05, 0) is 36.5 Å². The number of aromatic amines is 1. The van der Waals surface area contributed by atoms with Crippen molar-refractivity contribution in [3.05, 3.63) is 48.0 Å². The lowest BCUT2D eigenvalue weighted by atomic mass is 9.82. The first kappa shape index (κ1) is 18.0. The number of methoxy groups -OCH3 is 1. The van der Waals surface area contributed by atoms with Gasteiger partial charge in [-0.15, -0.1) is 0 Å². The summed E-state index contributed by atoms with van der Waals surface area (Å²) in [6, 6.07) is 7.60. The molecule has 0 aliphatic heterocycles. The molecule has 2 rings (SSSR count). The van der Waals surface area contributed by atoms with Crippen molar-refractivity contribution >= 4 is 5.91 Å². The standard InChI is InChI=1S/C18H26N4O2/c1-13(2)18(19,9-8-15-11-20-12-22-15)17(23)21-10-14-4-6-16(24-3)7-5-14/h4-7,11-13H,8-10,19H2,1-3H3,(H,20,22)(H,21,23)/t18-/m0/s1. The third kappa shape index (κ3) is 4.35. The summed E-state index contributed by atoms with van der Waals surface area (Å²) in [5, 5.41) is 2.96. The summed E-state index contributed by atoms with van der Waals surface area (Å²) in [6.45, 7) is 4.39. The van der Waals surface area contributed by atoms with E-state index in [1.165, 1.54) is 0 Å². The Morgan fingerprint density at radius 3 is 2.62 bits per heavy atom. The zero-order valence-corrected chi connectivity index (χ0v) is 14.5. The number of nitrogens with one attached hydrogen (secondary N) is 2. The number of aromatic nitrogens is 2. The smallest absolute Gasteiger partial charge is 0.240 e. The molecule has 24 heavy (non-hydrogen) atoms. The van der Waals surface area contributed by atoms with E-state index in [4.69, 9.17) is 10.5 Å². The molecule has 0 spiro atoms. The maximum absolute atomic E-state index is 12.7. The Labute approximate surface area is 142 Å². The van der Waals surface area contributed by atoms with Gasteiger partial charge in [0.05, 0.1) is 19.0 Å². The summed E-state index contributed by atoms with van der Waals surface area (Å²) in [6.07, 6.45) is 4.63. The molecule has 2 aromatic rings. The van der Waals surface area contributed by atoms with Crippen LogP contribution < -0.4 is 15.8 Å². The van der Waals surface area contributed by atoms with E-state index in [9.17, 15) is 4.79 Å². The molecule has 0 saturated carbocycles. The minimum Gasteiger partial charge on any atom is -0.497 e. The first-order chi connectivity index (χ1) is 11.5. The summed E-state index contributed by atoms with van der Waals surface area (Å²) < 4.78 is 5.13. The van der Waals surface area contributed by atoms with Crippen molar-refractivity contribution in [3.8, 4) is 5.75 Å². The predicted octanol–water partition coefficient (Wildman–Crippen LogP) is 2.02. The molecule has 130 valence electrons. The highest BCUT2D eigenvalue weighted by Gasteiger charge is 2.36. The normalized spacial score (nSPS) is 13.5. The molecule has 0 saturated heterocycles. The van der Waals surface area contributed by atoms with Gasteiger partial charge in [0, 0.05) is 18.4 Å². The van der Waals surface area contributed by atoms with Crippen LogP contribution in [0, 0.1) is 5.92 Å². The Bertz CT molecular complexity index is 638. The monoisotopic (exact) mass is 330 g/mol. The molecular formula is C18H26N4O2. The molecule has 0 unspecified atom stereocenters. The summed E-state index contributed by atoms with van der Waals surface area (Å²) in [4.78, 5) is 19.7. The average Bonchev–Trinajstić information content (AvgIpc) is 3.11. The van der Waals surface area contributed by atoms with E-state index in [2.05, 4.69) is 15.3 Å². The fourth-order valence-corrected chi connectivity index (χ4v) is 2.52. The molecule has 1 amide bonds. The van der Waals surface area contributed by atoms with E-state index in [0.29, 0.717) is 19.4 Å². The van der Waals surface area contributed by atoms with Crippen LogP contribution in [0.2, 0.25) is 0 Å². The van der Waals surface area contributed by atoms with Crippen LogP contribution in [-0.2, 0) is 17.8 Å². The molecule has 6 nitrogen and oxygen atoms in total. The van der Waals surface area contributed by atoms with Crippen molar-refractivity contribution in [3.63, 3.8) is 0 Å². The summed E-state index contributed by atoms with van der Waals surface area (Å²) >= 11 is 0. The molecule has 0 fully saturated rings. The van der Waals surface area contributed by atoms with Crippen molar-refractivity contribution in [2.24, 2.45) is 11.7 Å². The quantitative estimate of drug-likeness (QED) is 0.690. The van der Waals surface area contributed by atoms with Crippen LogP contribution in [0.15, 0.2) is 36.8 Å². The fraction of sp³-hybridized carbons (Fsp3) is 0.444. The molecule has 1 aromatic heterocycles. The highest BCUT2D eigenvalue weighted by Crippen LogP contribution is 2.21. The van der Waals surface area contributed by atoms with E-state index in [-0.39, 0.29) is 11.8 Å². The van der Waals surface area contributed by atoms with Crippen LogP contribution in [-0.4, -0.2) is 28.5 Å². The highest BCUT2D eigenvalue weighted by atomic mass is 16.5. The first-order valence-corrected chi connectivity index (χ1v) is 8.13. The second-order valence-corrected chi connectivity index (χ2v) is 6.30. The van der Waals surface area contributed by atoms with Gasteiger partial charge in [-0.2, -0.15) is 0 Å². The van der Waals surface area contributed by atoms with Crippen molar-refractivity contribution in [1.82, 2.24) is 15.3 Å². The van der Waals surface area contributed by atoms with Crippen LogP contribution in [0.5, 0.6) is 5.75 Å². The Kier molecular flexibility index (Phi) is 5.98. The third-order valence-electron chi connectivity index (χ3n) is 4.43. The van der Waals surface area contributed by atoms with Crippen LogP contribution in [0.3, 0.4) is 0 Å². The number of carbonyl (C=O) groups excluding carboxylic acids is 1. The second-order valence-electron chi connectivity index (χ2n) is 6.30. The van der Waals surface area contributed by atoms with Crippen molar-refractivity contribution in [1.29, 1.82) is 0 Å². The number of benzene rings is 1. The molecule has 0 bridgehead atoms. The lowest BCUT2D eigenvalue weighted by Crippen LogP contribution is -2.57. The first-order valence-electron chi connectivity index (χ1n) is 8.13. The molecule has 0 aliphatic rings. The van der Waals surface area contributed by atoms with Gasteiger partial charge in [0.25, 0.3) is 0 Å². The van der Waals surface area contributed by atoms with Gasteiger partial charge in [0.1, 0.15) is 5.75 Å². The van der Waals surface area contributed by atoms with E-state index >= 15 is 0 Å². The number of carbonyl (C=O) groups is 1. The number of hydrogen-bond donors (Lipinski definition) is 3. The average molecular weight is 330 g/mol. The predicted molar refractivity (Wildman–Crippen MR) is 93.5 cm³/mol. The Morgan fingerprint density at radius 1 is 1.38 bits per heavy atom. The molecular weight excluding hydrogens is 304 g/mol. The molecule has 0 aliphatic carbocycles. The van der Waals surface area contributed by atoms with Crippen molar-refractivity contribution < 1.29 is 9.53 Å². The molecule has 4 N–H and O–H groups in total. The van der Waals surface area contributed by atoms with E-state index in [1.807, 2.05) is 38.1 Å². The highest BCUT2D eigenvalue weighted by molar-refractivity contribution is 5.86. The Morgan fingerprint density at radius 2 is 2.08 bits per heavy atom. The minimum atomic E-state index is -0.919. The van der Waals surface area contributed by atoms with Gasteiger partial charge in [-0.3, -0.25) is 4.79 Å². The van der Waals surface area contributed by atoms with E-state index in [1.54, 1.807) is 19.6 Å². The zero-order valence-electron chi connectivity index (χ0n) is 14.5. The summed E-state index contributed by atoms with van der Waals surface area (Å²) in [7, 11) is 1.63. The van der Waals surface area contributed by atoms with Gasteiger partial charge in [-0.25, -0.2) is 4.98 Å². The van der Waals surface area contributed by atoms with Crippen molar-refractivity contribution in [2.45, 2.75) is 38.8 Å². The van der Waals surface area contributed by atoms with Crippen LogP contribution in [0.25, 0.3) is 0 Å². The van der Waals surface area contributed by atoms with Crippen LogP contribution in [0.1, 0.15) is 31.5 Å². The number of imidazole rings is 1. The summed E-state index contributed by atoms with van der Waals surface area (Å²) in [5.74, 6) is 0.684. The number of H-pyrrole nitrogens is 1. The largest absolute Gasteiger partial charge is 0.497 e. The summed E-state index contributed by atoms with van der Waals surface area (Å²) in [5.41, 5.74) is 7.51. The van der Waals surface area contributed by atoms with Gasteiger partial charge in [0.15, 0.2) is 0 Å². The number of nitrogens with zero attached hydrogens (tertiary/aromatic N) is 1. The van der Waals surface area contributed by atoms with Gasteiger partial charge in [0.2, 0.25) is 5.91 Å². The number of amides is 1. The number of nitrogens with two attached hydrogens (primary N) is 1. The van der Waals surface area contributed by atoms with E-state index < -0.39 is 5.54 Å². The van der Waals surface area contributed by atoms with Gasteiger partial charge < -0.3 is 20.8 Å². The molecule has 1 atom stereocenters. The molecule has 6 heteroatoms. The number of aryl methyl sites for hydroxylation is 1. The number of hydrogen-bond acceptors (Lipinski definition) is 4. The lowest BCUT2D eigenvalue weighted by Gasteiger charge is -2.32. The van der Waals surface area contributed by atoms with Crippen LogP contribution in [0.4, 0.5) is 0 Å². The van der Waals surface area contributed by atoms with Crippen molar-refractivity contribution in [2.75, 3.05) is 7.11 Å². The second kappa shape index (κ2) is 7.97. The van der Waals surface area contributed by atoms with Crippen LogP contribution >= 0.6 is 0 Å². The Balaban J connectivity index is 1.96. The SMILES string of the molecule is COc1ccc(CNC(=O)[C@](N)(CCc2cnc[nH]2)C(C)C)cc1. The van der Waals surface area contributed by atoms with Gasteiger partial charge >= 0.3 is 0 Å². The maximum Gasteiger partial charge on any atom is 0.240 e. The fourth-order valence-electron chi connectivity index (χ4n) is 2.52. The topological polar surface area (TPSA) is 93.0 Å². The van der Waals surface area contributed by atoms with E-state index in [0.717, 1.165) is 17.0 Å². The minimum absolute atomic E-state index is 0.0243. The third-order valence-corrected chi connectivity index (χ3v) is 4.43. The number of rotatable bonds is 8. The zero-order chi connectivity index (χ0) is 17.6. The number of ether oxygens (including phenoxy) is 1. The molecule has 0 radical (unpaired) electrons. The van der Waals surface area contributed by atoms with Gasteiger partial charge in [-0.1, -0.05) is 26.0 Å².